The monoisotopic (exact) mass is 403 g/mol. The van der Waals surface area contributed by atoms with Crippen LogP contribution in [0.25, 0.3) is 0 Å². The Labute approximate surface area is 135 Å². The van der Waals surface area contributed by atoms with E-state index in [1.807, 2.05) is 36.6 Å². The van der Waals surface area contributed by atoms with Crippen LogP contribution in [-0.4, -0.2) is 12.2 Å². The zero-order chi connectivity index (χ0) is 13.8. The van der Waals surface area contributed by atoms with Crippen LogP contribution in [0.4, 0.5) is 5.69 Å². The van der Waals surface area contributed by atoms with E-state index in [2.05, 4.69) is 27.9 Å². The molecule has 0 saturated heterocycles. The molecule has 0 aromatic heterocycles. The van der Waals surface area contributed by atoms with Crippen molar-refractivity contribution in [2.75, 3.05) is 11.6 Å². The largest absolute Gasteiger partial charge is 0.321 e. The van der Waals surface area contributed by atoms with Gasteiger partial charge in [-0.15, -0.1) is 11.8 Å². The molecule has 0 unspecified atom stereocenters. The second-order valence-corrected chi connectivity index (χ2v) is 6.23. The van der Waals surface area contributed by atoms with Gasteiger partial charge in [-0.2, -0.15) is 0 Å². The number of hydrogen-bond donors (Lipinski definition) is 1. The third-order valence-electron chi connectivity index (χ3n) is 2.53. The Morgan fingerprint density at radius 2 is 2.00 bits per heavy atom. The maximum atomic E-state index is 12.3. The topological polar surface area (TPSA) is 29.1 Å². The first-order chi connectivity index (χ1) is 9.11. The number of anilines is 1. The average molecular weight is 404 g/mol. The Morgan fingerprint density at radius 3 is 2.74 bits per heavy atom. The highest BCUT2D eigenvalue weighted by molar-refractivity contribution is 14.1. The maximum Gasteiger partial charge on any atom is 0.256 e. The second-order valence-electron chi connectivity index (χ2n) is 3.78. The van der Waals surface area contributed by atoms with Gasteiger partial charge in [0.1, 0.15) is 0 Å². The van der Waals surface area contributed by atoms with Gasteiger partial charge in [-0.05, 0) is 59.2 Å². The Bertz CT molecular complexity index is 618. The lowest BCUT2D eigenvalue weighted by molar-refractivity contribution is 0.102. The molecule has 2 aromatic rings. The van der Waals surface area contributed by atoms with Crippen LogP contribution in [0.15, 0.2) is 47.4 Å². The number of rotatable bonds is 3. The molecule has 1 amide bonds. The molecule has 2 nitrogen and oxygen atoms in total. The standard InChI is InChI=1S/C14H11ClINOS/c1-19-13-5-3-2-4-12(13)17-14(18)10-8-9(15)6-7-11(10)16/h2-8H,1H3,(H,17,18). The van der Waals surface area contributed by atoms with Crippen molar-refractivity contribution in [3.05, 3.63) is 56.6 Å². The Kier molecular flexibility index (Phi) is 5.13. The fourth-order valence-corrected chi connectivity index (χ4v) is 2.92. The average Bonchev–Trinajstić information content (AvgIpc) is 2.42. The molecule has 5 heteroatoms. The van der Waals surface area contributed by atoms with Crippen LogP contribution in [0.3, 0.4) is 0 Å². The Morgan fingerprint density at radius 1 is 1.26 bits per heavy atom. The van der Waals surface area contributed by atoms with Crippen LogP contribution < -0.4 is 5.32 Å². The Balaban J connectivity index is 2.28. The van der Waals surface area contributed by atoms with Crippen molar-refractivity contribution in [3.63, 3.8) is 0 Å². The molecule has 19 heavy (non-hydrogen) atoms. The van der Waals surface area contributed by atoms with Gasteiger partial charge in [-0.3, -0.25) is 4.79 Å². The number of amides is 1. The lowest BCUT2D eigenvalue weighted by Gasteiger charge is -2.10. The molecule has 0 saturated carbocycles. The number of benzene rings is 2. The summed E-state index contributed by atoms with van der Waals surface area (Å²) in [5.74, 6) is -0.145. The molecule has 0 aliphatic rings. The molecule has 98 valence electrons. The molecule has 0 aliphatic heterocycles. The highest BCUT2D eigenvalue weighted by Crippen LogP contribution is 2.26. The number of thioether (sulfide) groups is 1. The number of nitrogens with one attached hydrogen (secondary N) is 1. The second kappa shape index (κ2) is 6.63. The maximum absolute atomic E-state index is 12.3. The van der Waals surface area contributed by atoms with Crippen molar-refractivity contribution in [2.24, 2.45) is 0 Å². The van der Waals surface area contributed by atoms with Crippen molar-refractivity contribution in [1.29, 1.82) is 0 Å². The molecule has 0 spiro atoms. The number of hydrogen-bond acceptors (Lipinski definition) is 2. The van der Waals surface area contributed by atoms with Gasteiger partial charge in [0.15, 0.2) is 0 Å². The normalized spacial score (nSPS) is 10.3. The van der Waals surface area contributed by atoms with Crippen LogP contribution in [0, 0.1) is 3.57 Å². The van der Waals surface area contributed by atoms with Crippen molar-refractivity contribution in [2.45, 2.75) is 4.90 Å². The van der Waals surface area contributed by atoms with E-state index in [1.54, 1.807) is 23.9 Å². The fraction of sp³-hybridized carbons (Fsp3) is 0.0714. The van der Waals surface area contributed by atoms with Crippen molar-refractivity contribution in [1.82, 2.24) is 0 Å². The summed E-state index contributed by atoms with van der Waals surface area (Å²) in [6, 6.07) is 13.0. The van der Waals surface area contributed by atoms with E-state index in [-0.39, 0.29) is 5.91 Å². The minimum Gasteiger partial charge on any atom is -0.321 e. The molecule has 2 rings (SSSR count). The van der Waals surface area contributed by atoms with E-state index in [4.69, 9.17) is 11.6 Å². The lowest BCUT2D eigenvalue weighted by atomic mass is 10.2. The third kappa shape index (κ3) is 3.64. The van der Waals surface area contributed by atoms with Crippen molar-refractivity contribution < 1.29 is 4.79 Å². The molecule has 0 atom stereocenters. The highest BCUT2D eigenvalue weighted by Gasteiger charge is 2.12. The zero-order valence-corrected chi connectivity index (χ0v) is 13.8. The summed E-state index contributed by atoms with van der Waals surface area (Å²) in [5, 5.41) is 3.48. The highest BCUT2D eigenvalue weighted by atomic mass is 127. The predicted octanol–water partition coefficient (Wildman–Crippen LogP) is 4.92. The van der Waals surface area contributed by atoms with Crippen LogP contribution in [0.2, 0.25) is 5.02 Å². The molecule has 0 aliphatic carbocycles. The predicted molar refractivity (Wildman–Crippen MR) is 90.3 cm³/mol. The molecule has 0 heterocycles. The number of para-hydroxylation sites is 1. The van der Waals surface area contributed by atoms with E-state index >= 15 is 0 Å². The number of halogens is 2. The quantitative estimate of drug-likeness (QED) is 0.582. The van der Waals surface area contributed by atoms with Gasteiger partial charge in [-0.1, -0.05) is 23.7 Å². The molecule has 0 bridgehead atoms. The SMILES string of the molecule is CSc1ccccc1NC(=O)c1cc(Cl)ccc1I. The first kappa shape index (κ1) is 14.7. The van der Waals surface area contributed by atoms with Gasteiger partial charge < -0.3 is 5.32 Å². The van der Waals surface area contributed by atoms with Crippen LogP contribution >= 0.6 is 46.0 Å². The van der Waals surface area contributed by atoms with E-state index in [0.717, 1.165) is 14.2 Å². The summed E-state index contributed by atoms with van der Waals surface area (Å²) in [6.45, 7) is 0. The van der Waals surface area contributed by atoms with E-state index in [9.17, 15) is 4.79 Å². The van der Waals surface area contributed by atoms with Gasteiger partial charge in [0, 0.05) is 13.5 Å². The number of carbonyl (C=O) groups excluding carboxylic acids is 1. The fourth-order valence-electron chi connectivity index (χ4n) is 1.61. The molecule has 2 aromatic carbocycles. The molecule has 0 fully saturated rings. The molecule has 0 radical (unpaired) electrons. The van der Waals surface area contributed by atoms with Gasteiger partial charge >= 0.3 is 0 Å². The van der Waals surface area contributed by atoms with Gasteiger partial charge in [0.2, 0.25) is 0 Å². The minimum atomic E-state index is -0.145. The van der Waals surface area contributed by atoms with Gasteiger partial charge in [0.05, 0.1) is 11.3 Å². The zero-order valence-electron chi connectivity index (χ0n) is 10.1. The molecular weight excluding hydrogens is 393 g/mol. The smallest absolute Gasteiger partial charge is 0.256 e. The van der Waals surface area contributed by atoms with Gasteiger partial charge in [0.25, 0.3) is 5.91 Å². The summed E-state index contributed by atoms with van der Waals surface area (Å²) in [7, 11) is 0. The molecular formula is C14H11ClINOS. The molecule has 1 N–H and O–H groups in total. The summed E-state index contributed by atoms with van der Waals surface area (Å²) >= 11 is 9.66. The van der Waals surface area contributed by atoms with Crippen molar-refractivity contribution in [3.8, 4) is 0 Å². The van der Waals surface area contributed by atoms with Crippen LogP contribution in [0.5, 0.6) is 0 Å². The third-order valence-corrected chi connectivity index (χ3v) is 4.50. The van der Waals surface area contributed by atoms with Crippen molar-refractivity contribution >= 4 is 57.5 Å². The van der Waals surface area contributed by atoms with E-state index in [1.165, 1.54) is 0 Å². The Hall–Kier alpha value is -0.720. The van der Waals surface area contributed by atoms with Crippen LogP contribution in [-0.2, 0) is 0 Å². The first-order valence-corrected chi connectivity index (χ1v) is 8.19. The minimum absolute atomic E-state index is 0.145. The summed E-state index contributed by atoms with van der Waals surface area (Å²) in [4.78, 5) is 13.3. The van der Waals surface area contributed by atoms with E-state index in [0.29, 0.717) is 10.6 Å². The number of carbonyl (C=O) groups is 1. The lowest BCUT2D eigenvalue weighted by Crippen LogP contribution is -2.14. The van der Waals surface area contributed by atoms with Gasteiger partial charge in [-0.25, -0.2) is 0 Å². The first-order valence-electron chi connectivity index (χ1n) is 5.51. The van der Waals surface area contributed by atoms with Crippen LogP contribution in [0.1, 0.15) is 10.4 Å². The summed E-state index contributed by atoms with van der Waals surface area (Å²) in [6.07, 6.45) is 1.98. The summed E-state index contributed by atoms with van der Waals surface area (Å²) < 4.78 is 0.876. The van der Waals surface area contributed by atoms with E-state index < -0.39 is 0 Å². The summed E-state index contributed by atoms with van der Waals surface area (Å²) in [5.41, 5.74) is 1.40.